The second-order valence-electron chi connectivity index (χ2n) is 4.66. The highest BCUT2D eigenvalue weighted by Crippen LogP contribution is 2.34. The smallest absolute Gasteiger partial charge is 0.239 e. The van der Waals surface area contributed by atoms with Crippen LogP contribution in [0.15, 0.2) is 33.7 Å². The Balaban J connectivity index is 1.98. The molecule has 1 heterocycles. The van der Waals surface area contributed by atoms with Crippen LogP contribution in [0.25, 0.3) is 0 Å². The molecular weight excluding hydrogens is 294 g/mol. The predicted octanol–water partition coefficient (Wildman–Crippen LogP) is 3.73. The number of halogens is 1. The number of rotatable bonds is 6. The molecule has 0 radical (unpaired) electrons. The van der Waals surface area contributed by atoms with Gasteiger partial charge in [0.15, 0.2) is 5.82 Å². The second-order valence-corrected chi connectivity index (χ2v) is 6.51. The Hall–Kier alpha value is -1.04. The Morgan fingerprint density at radius 3 is 2.65 bits per heavy atom. The monoisotopic (exact) mass is 311 g/mol. The van der Waals surface area contributed by atoms with E-state index in [9.17, 15) is 0 Å². The van der Waals surface area contributed by atoms with Gasteiger partial charge < -0.3 is 9.84 Å². The van der Waals surface area contributed by atoms with Gasteiger partial charge in [-0.15, -0.1) is 11.8 Å². The zero-order valence-corrected chi connectivity index (χ0v) is 13.3. The molecule has 1 aromatic heterocycles. The van der Waals surface area contributed by atoms with Crippen LogP contribution in [-0.4, -0.2) is 23.2 Å². The fourth-order valence-electron chi connectivity index (χ4n) is 1.66. The minimum absolute atomic E-state index is 0.113. The van der Waals surface area contributed by atoms with Crippen LogP contribution in [0.2, 0.25) is 5.02 Å². The molecule has 0 spiro atoms. The molecule has 0 fully saturated rings. The van der Waals surface area contributed by atoms with E-state index in [4.69, 9.17) is 16.1 Å². The first-order chi connectivity index (χ1) is 9.58. The fraction of sp³-hybridized carbons (Fsp3) is 0.429. The van der Waals surface area contributed by atoms with Gasteiger partial charge in [-0.3, -0.25) is 0 Å². The Bertz CT molecular complexity index is 544. The molecule has 1 N–H and O–H groups in total. The summed E-state index contributed by atoms with van der Waals surface area (Å²) in [6.45, 7) is 4.14. The van der Waals surface area contributed by atoms with Crippen molar-refractivity contribution in [1.82, 2.24) is 15.5 Å². The molecule has 108 valence electrons. The number of hydrogen-bond acceptors (Lipinski definition) is 5. The van der Waals surface area contributed by atoms with Crippen LogP contribution in [0.4, 0.5) is 0 Å². The number of likely N-dealkylation sites (N-methyl/N-ethyl adjacent to an activating group) is 1. The topological polar surface area (TPSA) is 51.0 Å². The van der Waals surface area contributed by atoms with Crippen molar-refractivity contribution in [2.45, 2.75) is 36.5 Å². The van der Waals surface area contributed by atoms with Crippen LogP contribution in [0.3, 0.4) is 0 Å². The summed E-state index contributed by atoms with van der Waals surface area (Å²) in [6, 6.07) is 8.07. The first-order valence-corrected chi connectivity index (χ1v) is 7.76. The van der Waals surface area contributed by atoms with Gasteiger partial charge in [0.1, 0.15) is 0 Å². The van der Waals surface area contributed by atoms with Crippen LogP contribution in [0.5, 0.6) is 0 Å². The molecule has 2 aromatic rings. The number of aromatic nitrogens is 2. The number of hydrogen-bond donors (Lipinski definition) is 1. The van der Waals surface area contributed by atoms with E-state index in [1.807, 2.05) is 31.3 Å². The third kappa shape index (κ3) is 4.23. The third-order valence-electron chi connectivity index (χ3n) is 2.94. The lowest BCUT2D eigenvalue weighted by atomic mass is 10.2. The number of nitrogens with zero attached hydrogens (tertiary/aromatic N) is 2. The summed E-state index contributed by atoms with van der Waals surface area (Å²) in [4.78, 5) is 5.58. The van der Waals surface area contributed by atoms with Crippen LogP contribution in [0.1, 0.15) is 30.8 Å². The lowest BCUT2D eigenvalue weighted by Crippen LogP contribution is -2.24. The maximum absolute atomic E-state index is 5.87. The highest BCUT2D eigenvalue weighted by Gasteiger charge is 2.16. The van der Waals surface area contributed by atoms with Crippen molar-refractivity contribution in [2.24, 2.45) is 0 Å². The first-order valence-electron chi connectivity index (χ1n) is 6.50. The normalized spacial score (nSPS) is 14.2. The van der Waals surface area contributed by atoms with Gasteiger partial charge in [-0.05, 0) is 45.2 Å². The largest absolute Gasteiger partial charge is 0.338 e. The zero-order chi connectivity index (χ0) is 14.5. The van der Waals surface area contributed by atoms with Gasteiger partial charge in [-0.1, -0.05) is 16.8 Å². The summed E-state index contributed by atoms with van der Waals surface area (Å²) in [5.74, 6) is 1.40. The summed E-state index contributed by atoms with van der Waals surface area (Å²) in [7, 11) is 1.92. The van der Waals surface area contributed by atoms with E-state index in [2.05, 4.69) is 29.3 Å². The molecule has 0 aliphatic rings. The molecule has 0 bridgehead atoms. The van der Waals surface area contributed by atoms with E-state index < -0.39 is 0 Å². The molecule has 0 saturated heterocycles. The molecule has 6 heteroatoms. The van der Waals surface area contributed by atoms with Crippen molar-refractivity contribution in [3.8, 4) is 0 Å². The molecule has 0 aliphatic carbocycles. The van der Waals surface area contributed by atoms with Crippen LogP contribution >= 0.6 is 23.4 Å². The predicted molar refractivity (Wildman–Crippen MR) is 82.2 cm³/mol. The van der Waals surface area contributed by atoms with Crippen molar-refractivity contribution in [3.63, 3.8) is 0 Å². The maximum Gasteiger partial charge on any atom is 0.239 e. The van der Waals surface area contributed by atoms with Gasteiger partial charge in [0, 0.05) is 22.4 Å². The summed E-state index contributed by atoms with van der Waals surface area (Å²) >= 11 is 7.55. The van der Waals surface area contributed by atoms with Crippen molar-refractivity contribution in [1.29, 1.82) is 0 Å². The Labute approximate surface area is 128 Å². The van der Waals surface area contributed by atoms with Gasteiger partial charge >= 0.3 is 0 Å². The molecule has 20 heavy (non-hydrogen) atoms. The molecule has 0 aliphatic heterocycles. The van der Waals surface area contributed by atoms with Gasteiger partial charge in [0.25, 0.3) is 0 Å². The molecule has 4 nitrogen and oxygen atoms in total. The van der Waals surface area contributed by atoms with Crippen molar-refractivity contribution < 1.29 is 4.52 Å². The molecule has 0 saturated carbocycles. The van der Waals surface area contributed by atoms with Crippen LogP contribution < -0.4 is 5.32 Å². The van der Waals surface area contributed by atoms with E-state index in [1.54, 1.807) is 11.8 Å². The van der Waals surface area contributed by atoms with Gasteiger partial charge in [-0.2, -0.15) is 4.98 Å². The number of benzene rings is 1. The zero-order valence-electron chi connectivity index (χ0n) is 11.8. The third-order valence-corrected chi connectivity index (χ3v) is 4.29. The molecular formula is C14H18ClN3OS. The fourth-order valence-corrected chi connectivity index (χ4v) is 2.68. The summed E-state index contributed by atoms with van der Waals surface area (Å²) < 4.78 is 5.33. The van der Waals surface area contributed by atoms with Crippen molar-refractivity contribution in [3.05, 3.63) is 41.0 Å². The highest BCUT2D eigenvalue weighted by atomic mass is 35.5. The Kier molecular flexibility index (Phi) is 5.46. The van der Waals surface area contributed by atoms with Gasteiger partial charge in [0.2, 0.25) is 5.89 Å². The first kappa shape index (κ1) is 15.4. The second kappa shape index (κ2) is 7.11. The number of thioether (sulfide) groups is 1. The summed E-state index contributed by atoms with van der Waals surface area (Å²) in [6.07, 6.45) is 0.762. The average Bonchev–Trinajstić information content (AvgIpc) is 2.89. The molecule has 2 rings (SSSR count). The lowest BCUT2D eigenvalue weighted by molar-refractivity contribution is 0.373. The van der Waals surface area contributed by atoms with E-state index in [0.29, 0.717) is 11.9 Å². The average molecular weight is 312 g/mol. The Morgan fingerprint density at radius 2 is 2.00 bits per heavy atom. The quantitative estimate of drug-likeness (QED) is 0.824. The van der Waals surface area contributed by atoms with Crippen LogP contribution in [-0.2, 0) is 6.42 Å². The van der Waals surface area contributed by atoms with Crippen molar-refractivity contribution in [2.75, 3.05) is 7.05 Å². The SMILES string of the molecule is CNC(C)Cc1noc(C(C)Sc2ccc(Cl)cc2)n1. The molecule has 0 amide bonds. The standard InChI is InChI=1S/C14H18ClN3OS/c1-9(16-3)8-13-17-14(19-18-13)10(2)20-12-6-4-11(15)5-7-12/h4-7,9-10,16H,8H2,1-3H3. The lowest BCUT2D eigenvalue weighted by Gasteiger charge is -2.06. The molecule has 2 atom stereocenters. The van der Waals surface area contributed by atoms with Gasteiger partial charge in [0.05, 0.1) is 5.25 Å². The van der Waals surface area contributed by atoms with E-state index in [1.165, 1.54) is 0 Å². The Morgan fingerprint density at radius 1 is 1.30 bits per heavy atom. The summed E-state index contributed by atoms with van der Waals surface area (Å²) in [5.41, 5.74) is 0. The minimum Gasteiger partial charge on any atom is -0.338 e. The molecule has 1 aromatic carbocycles. The minimum atomic E-state index is 0.113. The van der Waals surface area contributed by atoms with E-state index in [0.717, 1.165) is 22.2 Å². The highest BCUT2D eigenvalue weighted by molar-refractivity contribution is 7.99. The summed E-state index contributed by atoms with van der Waals surface area (Å²) in [5, 5.41) is 8.03. The van der Waals surface area contributed by atoms with Crippen LogP contribution in [0, 0.1) is 0 Å². The van der Waals surface area contributed by atoms with E-state index in [-0.39, 0.29) is 5.25 Å². The maximum atomic E-state index is 5.87. The van der Waals surface area contributed by atoms with E-state index >= 15 is 0 Å². The number of nitrogens with one attached hydrogen (secondary N) is 1. The molecule has 2 unspecified atom stereocenters. The van der Waals surface area contributed by atoms with Gasteiger partial charge in [-0.25, -0.2) is 0 Å². The van der Waals surface area contributed by atoms with Crippen molar-refractivity contribution >= 4 is 23.4 Å².